The first-order chi connectivity index (χ1) is 16.1. The number of hydrogen-bond acceptors (Lipinski definition) is 6. The van der Waals surface area contributed by atoms with Crippen LogP contribution in [0.25, 0.3) is 11.3 Å². The predicted octanol–water partition coefficient (Wildman–Crippen LogP) is 4.49. The fourth-order valence-electron chi connectivity index (χ4n) is 4.84. The molecule has 6 nitrogen and oxygen atoms in total. The van der Waals surface area contributed by atoms with Crippen LogP contribution < -0.4 is 15.4 Å². The highest BCUT2D eigenvalue weighted by molar-refractivity contribution is 5.73. The Morgan fingerprint density at radius 3 is 2.64 bits per heavy atom. The number of hydrogen-bond donors (Lipinski definition) is 2. The van der Waals surface area contributed by atoms with Crippen LogP contribution in [-0.4, -0.2) is 48.7 Å². The van der Waals surface area contributed by atoms with Crippen LogP contribution in [0.2, 0.25) is 0 Å². The molecule has 33 heavy (non-hydrogen) atoms. The van der Waals surface area contributed by atoms with Gasteiger partial charge in [-0.3, -0.25) is 0 Å². The van der Waals surface area contributed by atoms with E-state index < -0.39 is 0 Å². The largest absolute Gasteiger partial charge is 0.496 e. The zero-order chi connectivity index (χ0) is 22.8. The predicted molar refractivity (Wildman–Crippen MR) is 129 cm³/mol. The second kappa shape index (κ2) is 9.45. The molecule has 1 aromatic heterocycles. The van der Waals surface area contributed by atoms with Gasteiger partial charge in [0.05, 0.1) is 24.1 Å². The summed E-state index contributed by atoms with van der Waals surface area (Å²) in [4.78, 5) is 11.9. The van der Waals surface area contributed by atoms with Crippen molar-refractivity contribution in [3.05, 3.63) is 65.1 Å². The summed E-state index contributed by atoms with van der Waals surface area (Å²) in [6.07, 6.45) is 3.13. The van der Waals surface area contributed by atoms with E-state index in [1.165, 1.54) is 24.5 Å². The molecule has 1 fully saturated rings. The maximum absolute atomic E-state index is 14.9. The lowest BCUT2D eigenvalue weighted by atomic mass is 9.89. The van der Waals surface area contributed by atoms with Crippen LogP contribution in [0.1, 0.15) is 35.6 Å². The van der Waals surface area contributed by atoms with Gasteiger partial charge in [-0.1, -0.05) is 18.2 Å². The molecule has 5 rings (SSSR count). The number of rotatable bonds is 5. The summed E-state index contributed by atoms with van der Waals surface area (Å²) in [5, 5.41) is 6.69. The smallest absolute Gasteiger partial charge is 0.228 e. The van der Waals surface area contributed by atoms with Crippen molar-refractivity contribution in [1.82, 2.24) is 20.2 Å². The molecule has 2 aromatic carbocycles. The number of likely N-dealkylation sites (tertiary alicyclic amines) is 1. The normalized spacial score (nSPS) is 16.9. The Balaban J connectivity index is 1.45. The summed E-state index contributed by atoms with van der Waals surface area (Å²) in [5.41, 5.74) is 5.15. The Bertz CT molecular complexity index is 1130. The average Bonchev–Trinajstić information content (AvgIpc) is 2.84. The molecule has 0 saturated carbocycles. The molecule has 2 aliphatic heterocycles. The van der Waals surface area contributed by atoms with Crippen molar-refractivity contribution in [3.63, 3.8) is 0 Å². The fraction of sp³-hybridized carbons (Fsp3) is 0.385. The van der Waals surface area contributed by atoms with E-state index in [9.17, 15) is 4.39 Å². The number of fused-ring (bicyclic) bond motifs is 1. The number of anilines is 2. The molecule has 7 heteroatoms. The highest BCUT2D eigenvalue weighted by Crippen LogP contribution is 2.36. The summed E-state index contributed by atoms with van der Waals surface area (Å²) < 4.78 is 20.4. The van der Waals surface area contributed by atoms with E-state index in [1.807, 2.05) is 0 Å². The van der Waals surface area contributed by atoms with Crippen LogP contribution in [-0.2, 0) is 13.0 Å². The molecular weight excluding hydrogens is 417 g/mol. The van der Waals surface area contributed by atoms with E-state index in [-0.39, 0.29) is 5.82 Å². The number of nitrogens with one attached hydrogen (secondary N) is 2. The molecular formula is C26H30FN5O. The number of ether oxygens (including phenoxy) is 1. The van der Waals surface area contributed by atoms with Gasteiger partial charge >= 0.3 is 0 Å². The topological polar surface area (TPSA) is 62.3 Å². The third-order valence-corrected chi connectivity index (χ3v) is 6.73. The van der Waals surface area contributed by atoms with Crippen molar-refractivity contribution in [2.24, 2.45) is 0 Å². The molecule has 0 unspecified atom stereocenters. The Labute approximate surface area is 194 Å². The van der Waals surface area contributed by atoms with Crippen LogP contribution in [0.5, 0.6) is 5.75 Å². The summed E-state index contributed by atoms with van der Waals surface area (Å²) in [5.74, 6) is 1.20. The molecule has 0 aliphatic carbocycles. The minimum atomic E-state index is -0.345. The highest BCUT2D eigenvalue weighted by atomic mass is 19.1. The molecule has 2 N–H and O–H groups in total. The van der Waals surface area contributed by atoms with Gasteiger partial charge in [-0.2, -0.15) is 0 Å². The summed E-state index contributed by atoms with van der Waals surface area (Å²) in [6.45, 7) is 3.73. The van der Waals surface area contributed by atoms with Gasteiger partial charge in [-0.15, -0.1) is 0 Å². The lowest BCUT2D eigenvalue weighted by Gasteiger charge is -2.29. The van der Waals surface area contributed by atoms with E-state index in [1.54, 1.807) is 19.2 Å². The summed E-state index contributed by atoms with van der Waals surface area (Å²) >= 11 is 0. The van der Waals surface area contributed by atoms with Gasteiger partial charge in [0.1, 0.15) is 11.6 Å². The molecule has 0 radical (unpaired) electrons. The second-order valence-electron chi connectivity index (χ2n) is 8.89. The Kier molecular flexibility index (Phi) is 6.24. The van der Waals surface area contributed by atoms with Crippen LogP contribution in [0.3, 0.4) is 0 Å². The van der Waals surface area contributed by atoms with E-state index in [2.05, 4.69) is 46.8 Å². The van der Waals surface area contributed by atoms with Crippen molar-refractivity contribution in [2.75, 3.05) is 39.1 Å². The summed E-state index contributed by atoms with van der Waals surface area (Å²) in [7, 11) is 3.74. The van der Waals surface area contributed by atoms with Crippen molar-refractivity contribution in [2.45, 2.75) is 31.7 Å². The first-order valence-corrected chi connectivity index (χ1v) is 11.6. The van der Waals surface area contributed by atoms with Crippen LogP contribution >= 0.6 is 0 Å². The Morgan fingerprint density at radius 2 is 1.88 bits per heavy atom. The molecule has 3 heterocycles. The van der Waals surface area contributed by atoms with E-state index in [4.69, 9.17) is 14.7 Å². The monoisotopic (exact) mass is 447 g/mol. The molecule has 0 spiro atoms. The fourth-order valence-corrected chi connectivity index (χ4v) is 4.84. The van der Waals surface area contributed by atoms with Crippen molar-refractivity contribution >= 4 is 11.6 Å². The zero-order valence-corrected chi connectivity index (χ0v) is 19.2. The number of nitrogens with zero attached hydrogens (tertiary/aromatic N) is 3. The molecule has 0 bridgehead atoms. The van der Waals surface area contributed by atoms with Gasteiger partial charge in [0.2, 0.25) is 5.95 Å². The van der Waals surface area contributed by atoms with Crippen molar-refractivity contribution in [3.8, 4) is 17.0 Å². The number of methoxy groups -OCH3 is 1. The van der Waals surface area contributed by atoms with Crippen LogP contribution in [0.4, 0.5) is 16.0 Å². The van der Waals surface area contributed by atoms with Crippen LogP contribution in [0.15, 0.2) is 42.5 Å². The van der Waals surface area contributed by atoms with Gasteiger partial charge in [0.25, 0.3) is 0 Å². The van der Waals surface area contributed by atoms with Gasteiger partial charge < -0.3 is 20.3 Å². The third-order valence-electron chi connectivity index (χ3n) is 6.73. The van der Waals surface area contributed by atoms with Gasteiger partial charge in [-0.05, 0) is 81.7 Å². The number of piperidine rings is 1. The minimum Gasteiger partial charge on any atom is -0.496 e. The lowest BCUT2D eigenvalue weighted by molar-refractivity contribution is 0.255. The first kappa shape index (κ1) is 21.8. The molecule has 0 amide bonds. The highest BCUT2D eigenvalue weighted by Gasteiger charge is 2.23. The quantitative estimate of drug-likeness (QED) is 0.601. The van der Waals surface area contributed by atoms with Gasteiger partial charge in [-0.25, -0.2) is 14.4 Å². The molecule has 1 saturated heterocycles. The number of benzene rings is 2. The maximum Gasteiger partial charge on any atom is 0.228 e. The number of halogens is 1. The zero-order valence-electron chi connectivity index (χ0n) is 19.2. The summed E-state index contributed by atoms with van der Waals surface area (Å²) in [6, 6.07) is 13.4. The SMILES string of the molecule is COc1cccc(F)c1-c1nc(Nc2ccc(C3CCN(C)CC3)cc2)nc2c1CCNC2. The first-order valence-electron chi connectivity index (χ1n) is 11.6. The molecule has 172 valence electrons. The standard InChI is InChI=1S/C26H30FN5O/c1-32-14-11-18(12-15-32)17-6-8-19(9-7-17)29-26-30-22-16-28-13-10-20(22)25(31-26)24-21(27)4-3-5-23(24)33-2/h3-9,18,28H,10-16H2,1-2H3,(H,29,30,31). The van der Waals surface area contributed by atoms with Crippen molar-refractivity contribution in [1.29, 1.82) is 0 Å². The Hall–Kier alpha value is -3.03. The van der Waals surface area contributed by atoms with Gasteiger partial charge in [0.15, 0.2) is 0 Å². The maximum atomic E-state index is 14.9. The third kappa shape index (κ3) is 4.56. The van der Waals surface area contributed by atoms with E-state index in [0.29, 0.717) is 35.4 Å². The van der Waals surface area contributed by atoms with Crippen molar-refractivity contribution < 1.29 is 9.13 Å². The Morgan fingerprint density at radius 1 is 1.09 bits per heavy atom. The number of aromatic nitrogens is 2. The van der Waals surface area contributed by atoms with E-state index in [0.717, 1.165) is 43.0 Å². The lowest BCUT2D eigenvalue weighted by Crippen LogP contribution is -2.29. The van der Waals surface area contributed by atoms with Gasteiger partial charge in [0, 0.05) is 17.8 Å². The molecule has 2 aliphatic rings. The minimum absolute atomic E-state index is 0.345. The average molecular weight is 448 g/mol. The molecule has 3 aromatic rings. The molecule has 0 atom stereocenters. The van der Waals surface area contributed by atoms with E-state index >= 15 is 0 Å². The second-order valence-corrected chi connectivity index (χ2v) is 8.89. The van der Waals surface area contributed by atoms with Crippen LogP contribution in [0, 0.1) is 5.82 Å².